The summed E-state index contributed by atoms with van der Waals surface area (Å²) in [5, 5.41) is 15.6. The number of hydrogen-bond acceptors (Lipinski definition) is 5. The van der Waals surface area contributed by atoms with E-state index in [4.69, 9.17) is 4.74 Å². The summed E-state index contributed by atoms with van der Waals surface area (Å²) in [6, 6.07) is -1.38. The highest BCUT2D eigenvalue weighted by Crippen LogP contribution is 2.65. The molecule has 3 unspecified atom stereocenters. The first-order chi connectivity index (χ1) is 13.4. The van der Waals surface area contributed by atoms with Crippen LogP contribution in [-0.4, -0.2) is 70.2 Å². The second-order valence-corrected chi connectivity index (χ2v) is 10.0. The van der Waals surface area contributed by atoms with E-state index in [-0.39, 0.29) is 30.2 Å². The SMILES string of the molecule is CC[C@@H](CO)N1C(=O)[C@@H]2[C@H](C(=O)NC)[C@@]3(C)OC2(CC3C)C1C(=O)NC(C)(C)C. The van der Waals surface area contributed by atoms with E-state index in [1.165, 1.54) is 4.90 Å². The van der Waals surface area contributed by atoms with Crippen molar-refractivity contribution in [3.8, 4) is 0 Å². The Balaban J connectivity index is 2.15. The van der Waals surface area contributed by atoms with Gasteiger partial charge in [0.15, 0.2) is 0 Å². The first-order valence-corrected chi connectivity index (χ1v) is 10.5. The van der Waals surface area contributed by atoms with Crippen LogP contribution in [0.15, 0.2) is 0 Å². The van der Waals surface area contributed by atoms with Crippen molar-refractivity contribution in [1.29, 1.82) is 0 Å². The standard InChI is InChI=1S/C21H35N3O5/c1-8-12(10-25)24-15(17(27)23-19(3,4)5)21-9-11(2)20(6,29-21)13(16(26)22-7)14(21)18(24)28/h11-15,25H,8-10H2,1-7H3,(H,22,26)(H,23,27)/t11?,12-,13+,14-,15?,20-,21?/m0/s1. The van der Waals surface area contributed by atoms with Gasteiger partial charge in [0.05, 0.1) is 30.1 Å². The Kier molecular flexibility index (Phi) is 5.27. The number of hydrogen-bond donors (Lipinski definition) is 3. The molecule has 2 bridgehead atoms. The van der Waals surface area contributed by atoms with E-state index in [0.717, 1.165) is 0 Å². The molecule has 0 aromatic rings. The van der Waals surface area contributed by atoms with Gasteiger partial charge in [-0.05, 0) is 46.5 Å². The third-order valence-electron chi connectivity index (χ3n) is 7.10. The summed E-state index contributed by atoms with van der Waals surface area (Å²) in [4.78, 5) is 41.5. The molecule has 164 valence electrons. The van der Waals surface area contributed by atoms with Crippen LogP contribution >= 0.6 is 0 Å². The number of aliphatic hydroxyl groups excluding tert-OH is 1. The summed E-state index contributed by atoms with van der Waals surface area (Å²) in [5.74, 6) is -2.21. The van der Waals surface area contributed by atoms with Crippen LogP contribution < -0.4 is 10.6 Å². The van der Waals surface area contributed by atoms with Gasteiger partial charge in [-0.3, -0.25) is 14.4 Å². The minimum absolute atomic E-state index is 0.00735. The highest BCUT2D eigenvalue weighted by molar-refractivity contribution is 5.99. The number of ether oxygens (including phenoxy) is 1. The number of nitrogens with one attached hydrogen (secondary N) is 2. The zero-order valence-electron chi connectivity index (χ0n) is 18.5. The molecule has 3 aliphatic heterocycles. The van der Waals surface area contributed by atoms with Gasteiger partial charge in [0.25, 0.3) is 0 Å². The van der Waals surface area contributed by atoms with Crippen LogP contribution in [0.25, 0.3) is 0 Å². The number of aliphatic hydroxyl groups is 1. The second kappa shape index (κ2) is 6.94. The quantitative estimate of drug-likeness (QED) is 0.610. The number of nitrogens with zero attached hydrogens (tertiary/aromatic N) is 1. The average molecular weight is 410 g/mol. The molecule has 29 heavy (non-hydrogen) atoms. The first-order valence-electron chi connectivity index (χ1n) is 10.5. The molecule has 0 saturated carbocycles. The molecule has 0 aromatic heterocycles. The predicted molar refractivity (Wildman–Crippen MR) is 107 cm³/mol. The van der Waals surface area contributed by atoms with Crippen LogP contribution in [0.2, 0.25) is 0 Å². The smallest absolute Gasteiger partial charge is 0.246 e. The molecule has 0 aromatic carbocycles. The Bertz CT molecular complexity index is 716. The van der Waals surface area contributed by atoms with Crippen molar-refractivity contribution in [2.75, 3.05) is 13.7 Å². The minimum Gasteiger partial charge on any atom is -0.394 e. The molecular formula is C21H35N3O5. The molecule has 3 heterocycles. The largest absolute Gasteiger partial charge is 0.394 e. The lowest BCUT2D eigenvalue weighted by molar-refractivity contribution is -0.151. The second-order valence-electron chi connectivity index (χ2n) is 10.0. The van der Waals surface area contributed by atoms with Crippen molar-refractivity contribution in [3.05, 3.63) is 0 Å². The number of carbonyl (C=O) groups excluding carboxylic acids is 3. The van der Waals surface area contributed by atoms with E-state index in [1.54, 1.807) is 7.05 Å². The van der Waals surface area contributed by atoms with Gasteiger partial charge >= 0.3 is 0 Å². The topological polar surface area (TPSA) is 108 Å². The van der Waals surface area contributed by atoms with Crippen molar-refractivity contribution in [3.63, 3.8) is 0 Å². The van der Waals surface area contributed by atoms with Gasteiger partial charge in [-0.25, -0.2) is 0 Å². The number of amides is 3. The molecule has 3 fully saturated rings. The molecule has 3 N–H and O–H groups in total. The first kappa shape index (κ1) is 22.0. The lowest BCUT2D eigenvalue weighted by atomic mass is 9.62. The summed E-state index contributed by atoms with van der Waals surface area (Å²) >= 11 is 0. The van der Waals surface area contributed by atoms with E-state index >= 15 is 0 Å². The molecule has 3 aliphatic rings. The molecule has 3 amide bonds. The fourth-order valence-corrected chi connectivity index (χ4v) is 5.78. The number of likely N-dealkylation sites (tertiary alicyclic amines) is 1. The normalized spacial score (nSPS) is 39.4. The van der Waals surface area contributed by atoms with E-state index in [2.05, 4.69) is 10.6 Å². The predicted octanol–water partition coefficient (Wildman–Crippen LogP) is 0.429. The molecular weight excluding hydrogens is 374 g/mol. The summed E-state index contributed by atoms with van der Waals surface area (Å²) in [6.45, 7) is 11.2. The molecule has 8 heteroatoms. The van der Waals surface area contributed by atoms with Crippen LogP contribution in [0, 0.1) is 17.8 Å². The van der Waals surface area contributed by atoms with E-state index in [1.807, 2.05) is 41.5 Å². The maximum Gasteiger partial charge on any atom is 0.246 e. The number of fused-ring (bicyclic) bond motifs is 1. The van der Waals surface area contributed by atoms with Crippen molar-refractivity contribution in [2.45, 2.75) is 83.2 Å². The van der Waals surface area contributed by atoms with Crippen molar-refractivity contribution in [2.24, 2.45) is 17.8 Å². The molecule has 8 nitrogen and oxygen atoms in total. The van der Waals surface area contributed by atoms with Crippen molar-refractivity contribution < 1.29 is 24.2 Å². The number of carbonyl (C=O) groups is 3. The number of rotatable bonds is 5. The third-order valence-corrected chi connectivity index (χ3v) is 7.10. The van der Waals surface area contributed by atoms with E-state index in [0.29, 0.717) is 12.8 Å². The summed E-state index contributed by atoms with van der Waals surface area (Å²) in [7, 11) is 1.55. The maximum atomic E-state index is 13.7. The Morgan fingerprint density at radius 2 is 1.97 bits per heavy atom. The summed E-state index contributed by atoms with van der Waals surface area (Å²) in [5.41, 5.74) is -2.37. The molecule has 0 aliphatic carbocycles. The van der Waals surface area contributed by atoms with Gasteiger partial charge in [0.2, 0.25) is 17.7 Å². The Morgan fingerprint density at radius 1 is 1.34 bits per heavy atom. The Labute approximate surface area is 172 Å². The summed E-state index contributed by atoms with van der Waals surface area (Å²) in [6.07, 6.45) is 1.02. The maximum absolute atomic E-state index is 13.7. The van der Waals surface area contributed by atoms with Gasteiger partial charge in [-0.15, -0.1) is 0 Å². The van der Waals surface area contributed by atoms with Gasteiger partial charge in [0, 0.05) is 12.6 Å². The fourth-order valence-electron chi connectivity index (χ4n) is 5.78. The lowest BCUT2D eigenvalue weighted by Gasteiger charge is -2.38. The zero-order chi connectivity index (χ0) is 21.9. The highest BCUT2D eigenvalue weighted by Gasteiger charge is 2.80. The van der Waals surface area contributed by atoms with Crippen LogP contribution in [0.1, 0.15) is 54.4 Å². The zero-order valence-corrected chi connectivity index (χ0v) is 18.5. The Hall–Kier alpha value is -1.67. The average Bonchev–Trinajstić information content (AvgIpc) is 3.12. The van der Waals surface area contributed by atoms with E-state index < -0.39 is 40.7 Å². The summed E-state index contributed by atoms with van der Waals surface area (Å²) < 4.78 is 6.54. The van der Waals surface area contributed by atoms with Gasteiger partial charge in [0.1, 0.15) is 11.6 Å². The highest BCUT2D eigenvalue weighted by atomic mass is 16.5. The monoisotopic (exact) mass is 409 g/mol. The van der Waals surface area contributed by atoms with Crippen molar-refractivity contribution >= 4 is 17.7 Å². The Morgan fingerprint density at radius 3 is 2.45 bits per heavy atom. The minimum atomic E-state index is -1.07. The van der Waals surface area contributed by atoms with Gasteiger partial charge in [-0.2, -0.15) is 0 Å². The fraction of sp³-hybridized carbons (Fsp3) is 0.857. The van der Waals surface area contributed by atoms with E-state index in [9.17, 15) is 19.5 Å². The molecule has 3 saturated heterocycles. The third kappa shape index (κ3) is 2.98. The van der Waals surface area contributed by atoms with Crippen LogP contribution in [0.5, 0.6) is 0 Å². The van der Waals surface area contributed by atoms with Gasteiger partial charge in [-0.1, -0.05) is 13.8 Å². The molecule has 7 atom stereocenters. The molecule has 1 spiro atoms. The van der Waals surface area contributed by atoms with Crippen molar-refractivity contribution in [1.82, 2.24) is 15.5 Å². The van der Waals surface area contributed by atoms with Crippen LogP contribution in [0.3, 0.4) is 0 Å². The molecule has 3 rings (SSSR count). The van der Waals surface area contributed by atoms with Crippen LogP contribution in [0.4, 0.5) is 0 Å². The van der Waals surface area contributed by atoms with Gasteiger partial charge < -0.3 is 25.4 Å². The lowest BCUT2D eigenvalue weighted by Crippen LogP contribution is -2.60. The molecule has 0 radical (unpaired) electrons. The van der Waals surface area contributed by atoms with Crippen LogP contribution in [-0.2, 0) is 19.1 Å².